The maximum atomic E-state index is 11.8. The van der Waals surface area contributed by atoms with Crippen molar-refractivity contribution in [3.8, 4) is 0 Å². The predicted octanol–water partition coefficient (Wildman–Crippen LogP) is -0.478. The summed E-state index contributed by atoms with van der Waals surface area (Å²) in [6, 6.07) is -0.643. The van der Waals surface area contributed by atoms with Gasteiger partial charge in [-0.2, -0.15) is 0 Å². The molecule has 0 fully saturated rings. The van der Waals surface area contributed by atoms with E-state index >= 15 is 0 Å². The number of carbonyl (C=O) groups is 2. The highest BCUT2D eigenvalue weighted by molar-refractivity contribution is 5.87. The van der Waals surface area contributed by atoms with Crippen LogP contribution < -0.4 is 11.1 Å². The van der Waals surface area contributed by atoms with E-state index < -0.39 is 12.0 Å². The molecule has 1 rings (SSSR count). The molecular formula is C10H17N5O3. The molecule has 100 valence electrons. The van der Waals surface area contributed by atoms with E-state index in [4.69, 9.17) is 10.8 Å². The third-order valence-corrected chi connectivity index (χ3v) is 2.48. The number of carbonyl (C=O) groups excluding carboxylic acids is 1. The summed E-state index contributed by atoms with van der Waals surface area (Å²) in [6.45, 7) is 4.07. The number of rotatable bonds is 6. The number of carboxylic acids is 1. The van der Waals surface area contributed by atoms with Gasteiger partial charge in [-0.05, 0) is 13.3 Å². The zero-order valence-electron chi connectivity index (χ0n) is 10.4. The van der Waals surface area contributed by atoms with Crippen LogP contribution >= 0.6 is 0 Å². The Balaban J connectivity index is 2.95. The first-order valence-corrected chi connectivity index (χ1v) is 5.68. The Morgan fingerprint density at radius 1 is 1.56 bits per heavy atom. The van der Waals surface area contributed by atoms with Gasteiger partial charge in [0.1, 0.15) is 6.04 Å². The first-order chi connectivity index (χ1) is 8.52. The maximum Gasteiger partial charge on any atom is 0.358 e. The Labute approximate surface area is 104 Å². The summed E-state index contributed by atoms with van der Waals surface area (Å²) in [7, 11) is 0. The van der Waals surface area contributed by atoms with E-state index in [2.05, 4.69) is 15.6 Å². The SMILES string of the molecule is CCCNC(=O)C(C)n1nnc(C(=O)O)c1CN. The van der Waals surface area contributed by atoms with Crippen molar-refractivity contribution < 1.29 is 14.7 Å². The van der Waals surface area contributed by atoms with Gasteiger partial charge in [-0.3, -0.25) is 4.79 Å². The predicted molar refractivity (Wildman–Crippen MR) is 62.9 cm³/mol. The number of hydrogen-bond donors (Lipinski definition) is 3. The summed E-state index contributed by atoms with van der Waals surface area (Å²) in [4.78, 5) is 22.6. The third kappa shape index (κ3) is 2.83. The van der Waals surface area contributed by atoms with Gasteiger partial charge in [0.2, 0.25) is 5.91 Å². The number of nitrogens with zero attached hydrogens (tertiary/aromatic N) is 3. The van der Waals surface area contributed by atoms with E-state index in [1.807, 2.05) is 6.92 Å². The number of nitrogens with one attached hydrogen (secondary N) is 1. The van der Waals surface area contributed by atoms with Gasteiger partial charge >= 0.3 is 5.97 Å². The summed E-state index contributed by atoms with van der Waals surface area (Å²) < 4.78 is 1.24. The largest absolute Gasteiger partial charge is 0.476 e. The van der Waals surface area contributed by atoms with Crippen LogP contribution in [-0.4, -0.2) is 38.5 Å². The second-order valence-corrected chi connectivity index (χ2v) is 3.81. The monoisotopic (exact) mass is 255 g/mol. The molecule has 4 N–H and O–H groups in total. The first-order valence-electron chi connectivity index (χ1n) is 5.68. The summed E-state index contributed by atoms with van der Waals surface area (Å²) in [5.74, 6) is -1.45. The van der Waals surface area contributed by atoms with E-state index in [0.717, 1.165) is 6.42 Å². The van der Waals surface area contributed by atoms with Crippen LogP contribution in [0.3, 0.4) is 0 Å². The highest BCUT2D eigenvalue weighted by Crippen LogP contribution is 2.12. The summed E-state index contributed by atoms with van der Waals surface area (Å²) in [6.07, 6.45) is 0.819. The Kier molecular flexibility index (Phi) is 4.78. The molecule has 1 heterocycles. The van der Waals surface area contributed by atoms with Crippen LogP contribution in [0.5, 0.6) is 0 Å². The molecule has 1 atom stereocenters. The maximum absolute atomic E-state index is 11.8. The second kappa shape index (κ2) is 6.10. The molecule has 0 radical (unpaired) electrons. The Bertz CT molecular complexity index is 443. The van der Waals surface area contributed by atoms with Gasteiger partial charge in [-0.25, -0.2) is 9.48 Å². The topological polar surface area (TPSA) is 123 Å². The molecule has 0 spiro atoms. The normalized spacial score (nSPS) is 12.2. The zero-order valence-corrected chi connectivity index (χ0v) is 10.4. The molecule has 1 aromatic heterocycles. The zero-order chi connectivity index (χ0) is 13.7. The molecule has 0 aliphatic heterocycles. The molecule has 0 aliphatic rings. The highest BCUT2D eigenvalue weighted by atomic mass is 16.4. The van der Waals surface area contributed by atoms with Crippen LogP contribution in [0.25, 0.3) is 0 Å². The fourth-order valence-electron chi connectivity index (χ4n) is 1.49. The first kappa shape index (κ1) is 14.1. The lowest BCUT2D eigenvalue weighted by Gasteiger charge is -2.13. The van der Waals surface area contributed by atoms with Crippen LogP contribution in [0.15, 0.2) is 0 Å². The number of aromatic carboxylic acids is 1. The molecule has 0 aliphatic carbocycles. The molecule has 0 saturated heterocycles. The van der Waals surface area contributed by atoms with Crippen molar-refractivity contribution >= 4 is 11.9 Å². The Morgan fingerprint density at radius 3 is 2.72 bits per heavy atom. The fourth-order valence-corrected chi connectivity index (χ4v) is 1.49. The lowest BCUT2D eigenvalue weighted by Crippen LogP contribution is -2.33. The summed E-state index contributed by atoms with van der Waals surface area (Å²) in [5.41, 5.74) is 5.50. The van der Waals surface area contributed by atoms with Crippen molar-refractivity contribution in [2.75, 3.05) is 6.54 Å². The van der Waals surface area contributed by atoms with E-state index in [1.54, 1.807) is 6.92 Å². The minimum Gasteiger partial charge on any atom is -0.476 e. The molecule has 1 amide bonds. The Hall–Kier alpha value is -1.96. The quantitative estimate of drug-likeness (QED) is 0.631. The van der Waals surface area contributed by atoms with Gasteiger partial charge in [0.15, 0.2) is 5.69 Å². The lowest BCUT2D eigenvalue weighted by molar-refractivity contribution is -0.124. The van der Waals surface area contributed by atoms with Crippen molar-refractivity contribution in [1.29, 1.82) is 0 Å². The van der Waals surface area contributed by atoms with Crippen LogP contribution in [0.2, 0.25) is 0 Å². The molecule has 0 aromatic carbocycles. The average Bonchev–Trinajstić information content (AvgIpc) is 2.78. The number of amides is 1. The van der Waals surface area contributed by atoms with Gasteiger partial charge in [-0.15, -0.1) is 5.10 Å². The second-order valence-electron chi connectivity index (χ2n) is 3.81. The van der Waals surface area contributed by atoms with Crippen molar-refractivity contribution in [2.24, 2.45) is 5.73 Å². The summed E-state index contributed by atoms with van der Waals surface area (Å²) in [5, 5.41) is 18.8. The Morgan fingerprint density at radius 2 is 2.22 bits per heavy atom. The molecular weight excluding hydrogens is 238 g/mol. The van der Waals surface area contributed by atoms with Gasteiger partial charge < -0.3 is 16.2 Å². The van der Waals surface area contributed by atoms with Crippen LogP contribution in [0.1, 0.15) is 42.5 Å². The van der Waals surface area contributed by atoms with E-state index in [9.17, 15) is 9.59 Å². The molecule has 8 nitrogen and oxygen atoms in total. The van der Waals surface area contributed by atoms with Gasteiger partial charge in [0.05, 0.1) is 5.69 Å². The molecule has 1 aromatic rings. The molecule has 1 unspecified atom stereocenters. The van der Waals surface area contributed by atoms with Crippen molar-refractivity contribution in [3.63, 3.8) is 0 Å². The van der Waals surface area contributed by atoms with Gasteiger partial charge in [-0.1, -0.05) is 12.1 Å². The minimum atomic E-state index is -1.21. The lowest BCUT2D eigenvalue weighted by atomic mass is 10.2. The van der Waals surface area contributed by atoms with E-state index in [1.165, 1.54) is 4.68 Å². The van der Waals surface area contributed by atoms with Crippen molar-refractivity contribution in [1.82, 2.24) is 20.3 Å². The fraction of sp³-hybridized carbons (Fsp3) is 0.600. The molecule has 0 bridgehead atoms. The smallest absolute Gasteiger partial charge is 0.358 e. The number of aromatic nitrogens is 3. The minimum absolute atomic E-state index is 0.0416. The van der Waals surface area contributed by atoms with Gasteiger partial charge in [0.25, 0.3) is 0 Å². The van der Waals surface area contributed by atoms with Crippen molar-refractivity contribution in [3.05, 3.63) is 11.4 Å². The molecule has 8 heteroatoms. The van der Waals surface area contributed by atoms with Crippen LogP contribution in [0, 0.1) is 0 Å². The van der Waals surface area contributed by atoms with E-state index in [0.29, 0.717) is 6.54 Å². The van der Waals surface area contributed by atoms with E-state index in [-0.39, 0.29) is 23.8 Å². The average molecular weight is 255 g/mol. The molecule has 18 heavy (non-hydrogen) atoms. The van der Waals surface area contributed by atoms with Crippen molar-refractivity contribution in [2.45, 2.75) is 32.9 Å². The van der Waals surface area contributed by atoms with Crippen LogP contribution in [-0.2, 0) is 11.3 Å². The third-order valence-electron chi connectivity index (χ3n) is 2.48. The standard InChI is InChI=1S/C10H17N5O3/c1-3-4-12-9(16)6(2)15-7(5-11)8(10(17)18)13-14-15/h6H,3-5,11H2,1-2H3,(H,12,16)(H,17,18). The number of hydrogen-bond acceptors (Lipinski definition) is 5. The molecule has 0 saturated carbocycles. The number of carboxylic acid groups (broad SMARTS) is 1. The highest BCUT2D eigenvalue weighted by Gasteiger charge is 2.24. The van der Waals surface area contributed by atoms with Gasteiger partial charge in [0, 0.05) is 13.1 Å². The number of nitrogens with two attached hydrogens (primary N) is 1. The summed E-state index contributed by atoms with van der Waals surface area (Å²) >= 11 is 0. The van der Waals surface area contributed by atoms with Crippen LogP contribution in [0.4, 0.5) is 0 Å².